The Morgan fingerprint density at radius 2 is 2.00 bits per heavy atom. The fourth-order valence-electron chi connectivity index (χ4n) is 5.21. The molecule has 0 radical (unpaired) electrons. The van der Waals surface area contributed by atoms with Crippen molar-refractivity contribution in [2.75, 3.05) is 52.1 Å². The Bertz CT molecular complexity index is 1050. The van der Waals surface area contributed by atoms with Crippen molar-refractivity contribution in [1.82, 2.24) is 20.0 Å². The lowest BCUT2D eigenvalue weighted by molar-refractivity contribution is -0.135. The molecule has 3 aliphatic rings. The number of nitrogen functional groups attached to an aromatic ring is 1. The maximum atomic E-state index is 13.3. The van der Waals surface area contributed by atoms with Crippen LogP contribution in [0.2, 0.25) is 5.02 Å². The van der Waals surface area contributed by atoms with Gasteiger partial charge < -0.3 is 35.2 Å². The molecule has 2 fully saturated rings. The minimum Gasteiger partial charge on any atom is -0.486 e. The van der Waals surface area contributed by atoms with Gasteiger partial charge >= 0.3 is 6.03 Å². The number of likely N-dealkylation sites (tertiary alicyclic amines) is 1. The van der Waals surface area contributed by atoms with E-state index in [4.69, 9.17) is 26.8 Å². The van der Waals surface area contributed by atoms with Gasteiger partial charge in [-0.3, -0.25) is 9.59 Å². The third-order valence-electron chi connectivity index (χ3n) is 7.29. The van der Waals surface area contributed by atoms with Crippen molar-refractivity contribution in [2.45, 2.75) is 57.8 Å². The van der Waals surface area contributed by atoms with Gasteiger partial charge in [0.05, 0.1) is 28.4 Å². The molecule has 3 aliphatic heterocycles. The smallest absolute Gasteiger partial charge is 0.320 e. The molecule has 4 rings (SSSR count). The van der Waals surface area contributed by atoms with Gasteiger partial charge in [0, 0.05) is 64.8 Å². The number of hydrogen-bond donors (Lipinski definition) is 2. The monoisotopic (exact) mass is 521 g/mol. The van der Waals surface area contributed by atoms with Gasteiger partial charge in [0.15, 0.2) is 0 Å². The number of nitrogens with one attached hydrogen (secondary N) is 1. The van der Waals surface area contributed by atoms with Crippen LogP contribution in [0, 0.1) is 0 Å². The number of halogens is 1. The summed E-state index contributed by atoms with van der Waals surface area (Å²) in [5.74, 6) is 0.133. The Hall–Kier alpha value is -2.72. The van der Waals surface area contributed by atoms with E-state index in [0.717, 1.165) is 5.56 Å². The molecule has 3 heterocycles. The highest BCUT2D eigenvalue weighted by Crippen LogP contribution is 2.44. The number of hydrogen-bond acceptors (Lipinski definition) is 6. The second kappa shape index (κ2) is 10.3. The summed E-state index contributed by atoms with van der Waals surface area (Å²) in [7, 11) is 1.57. The van der Waals surface area contributed by atoms with Crippen LogP contribution in [-0.2, 0) is 16.0 Å². The van der Waals surface area contributed by atoms with E-state index >= 15 is 0 Å². The van der Waals surface area contributed by atoms with E-state index in [1.165, 1.54) is 0 Å². The summed E-state index contributed by atoms with van der Waals surface area (Å²) >= 11 is 6.33. The van der Waals surface area contributed by atoms with Crippen molar-refractivity contribution in [2.24, 2.45) is 0 Å². The molecule has 0 unspecified atom stereocenters. The summed E-state index contributed by atoms with van der Waals surface area (Å²) in [6.45, 7) is 9.10. The molecule has 2 saturated heterocycles. The summed E-state index contributed by atoms with van der Waals surface area (Å²) in [6.07, 6.45) is 1.00. The molecule has 1 aromatic rings. The van der Waals surface area contributed by atoms with E-state index in [1.807, 2.05) is 20.8 Å². The lowest BCUT2D eigenvalue weighted by Crippen LogP contribution is -2.56. The molecule has 3 N–H and O–H groups in total. The van der Waals surface area contributed by atoms with Crippen LogP contribution in [0.25, 0.3) is 0 Å². The quantitative estimate of drug-likeness (QED) is 0.531. The molecule has 0 spiro atoms. The van der Waals surface area contributed by atoms with E-state index < -0.39 is 5.60 Å². The SMILES string of the molecule is CCN1CCN(CCC(=O)N2CC[C@H](NC(=O)c3cc(Cl)c(N)c4c3OC(C)(C)C4)[C@H](OC)C2)C1=O. The van der Waals surface area contributed by atoms with Crippen molar-refractivity contribution in [1.29, 1.82) is 0 Å². The van der Waals surface area contributed by atoms with Gasteiger partial charge in [0.25, 0.3) is 5.91 Å². The summed E-state index contributed by atoms with van der Waals surface area (Å²) in [5.41, 5.74) is 7.21. The van der Waals surface area contributed by atoms with Crippen molar-refractivity contribution in [3.63, 3.8) is 0 Å². The van der Waals surface area contributed by atoms with E-state index in [-0.39, 0.29) is 36.4 Å². The predicted molar refractivity (Wildman–Crippen MR) is 136 cm³/mol. The second-order valence-electron chi connectivity index (χ2n) is 10.2. The Kier molecular flexibility index (Phi) is 7.56. The highest BCUT2D eigenvalue weighted by Gasteiger charge is 2.38. The first-order valence-corrected chi connectivity index (χ1v) is 12.9. The molecular formula is C25H36ClN5O5. The van der Waals surface area contributed by atoms with Crippen molar-refractivity contribution in [3.8, 4) is 5.75 Å². The van der Waals surface area contributed by atoms with Crippen LogP contribution in [0.15, 0.2) is 6.07 Å². The fourth-order valence-corrected chi connectivity index (χ4v) is 5.44. The maximum Gasteiger partial charge on any atom is 0.320 e. The van der Waals surface area contributed by atoms with E-state index in [1.54, 1.807) is 27.9 Å². The van der Waals surface area contributed by atoms with Gasteiger partial charge in [-0.1, -0.05) is 11.6 Å². The van der Waals surface area contributed by atoms with E-state index in [9.17, 15) is 14.4 Å². The zero-order valence-corrected chi connectivity index (χ0v) is 22.2. The second-order valence-corrected chi connectivity index (χ2v) is 10.7. The zero-order chi connectivity index (χ0) is 26.2. The van der Waals surface area contributed by atoms with Gasteiger partial charge in [-0.05, 0) is 33.3 Å². The van der Waals surface area contributed by atoms with Crippen LogP contribution in [0.1, 0.15) is 49.5 Å². The average molecular weight is 522 g/mol. The average Bonchev–Trinajstić information content (AvgIpc) is 3.37. The molecule has 2 atom stereocenters. The highest BCUT2D eigenvalue weighted by atomic mass is 35.5. The topological polar surface area (TPSA) is 117 Å². The van der Waals surface area contributed by atoms with Gasteiger partial charge in [0.2, 0.25) is 5.91 Å². The summed E-state index contributed by atoms with van der Waals surface area (Å²) in [6, 6.07) is 1.25. The molecule has 0 bridgehead atoms. The number of amides is 4. The van der Waals surface area contributed by atoms with E-state index in [2.05, 4.69) is 5.32 Å². The third kappa shape index (κ3) is 5.20. The summed E-state index contributed by atoms with van der Waals surface area (Å²) < 4.78 is 11.7. The molecule has 0 aromatic heterocycles. The lowest BCUT2D eigenvalue weighted by Gasteiger charge is -2.38. The highest BCUT2D eigenvalue weighted by molar-refractivity contribution is 6.33. The minimum atomic E-state index is -0.481. The van der Waals surface area contributed by atoms with Crippen LogP contribution < -0.4 is 15.8 Å². The first kappa shape index (κ1) is 26.3. The Balaban J connectivity index is 1.37. The fraction of sp³-hybridized carbons (Fsp3) is 0.640. The Morgan fingerprint density at radius 3 is 2.67 bits per heavy atom. The molecular weight excluding hydrogens is 486 g/mol. The van der Waals surface area contributed by atoms with Gasteiger partial charge in [-0.25, -0.2) is 4.79 Å². The van der Waals surface area contributed by atoms with Crippen LogP contribution in [-0.4, -0.2) is 96.7 Å². The van der Waals surface area contributed by atoms with Crippen LogP contribution in [0.3, 0.4) is 0 Å². The van der Waals surface area contributed by atoms with Crippen molar-refractivity contribution >= 4 is 35.1 Å². The molecule has 198 valence electrons. The maximum absolute atomic E-state index is 13.3. The predicted octanol–water partition coefficient (Wildman–Crippen LogP) is 2.13. The molecule has 11 heteroatoms. The van der Waals surface area contributed by atoms with E-state index in [0.29, 0.717) is 74.1 Å². The van der Waals surface area contributed by atoms with Crippen molar-refractivity contribution in [3.05, 3.63) is 22.2 Å². The number of methoxy groups -OCH3 is 1. The number of carbonyl (C=O) groups is 3. The van der Waals surface area contributed by atoms with Gasteiger partial charge in [-0.15, -0.1) is 0 Å². The number of rotatable bonds is 7. The molecule has 36 heavy (non-hydrogen) atoms. The molecule has 1 aromatic carbocycles. The number of ether oxygens (including phenoxy) is 2. The molecule has 0 saturated carbocycles. The largest absolute Gasteiger partial charge is 0.486 e. The molecule has 4 amide bonds. The normalized spacial score (nSPS) is 23.0. The van der Waals surface area contributed by atoms with Gasteiger partial charge in [0.1, 0.15) is 11.4 Å². The number of benzene rings is 1. The standard InChI is InChI=1S/C25H36ClN5O5/c1-5-29-10-11-30(24(29)34)9-7-20(32)31-8-6-18(19(14-31)35-4)28-23(33)15-12-17(26)21(27)16-13-25(2,3)36-22(15)16/h12,18-19H,5-11,13-14,27H2,1-4H3,(H,28,33)/t18-,19+/m0/s1. The number of piperidine rings is 1. The Labute approximate surface area is 217 Å². The third-order valence-corrected chi connectivity index (χ3v) is 7.60. The Morgan fingerprint density at radius 1 is 1.28 bits per heavy atom. The zero-order valence-electron chi connectivity index (χ0n) is 21.4. The first-order valence-electron chi connectivity index (χ1n) is 12.5. The van der Waals surface area contributed by atoms with Crippen LogP contribution >= 0.6 is 11.6 Å². The lowest BCUT2D eigenvalue weighted by atomic mass is 9.97. The van der Waals surface area contributed by atoms with Crippen molar-refractivity contribution < 1.29 is 23.9 Å². The molecule has 0 aliphatic carbocycles. The number of nitrogens with zero attached hydrogens (tertiary/aromatic N) is 3. The number of likely N-dealkylation sites (N-methyl/N-ethyl adjacent to an activating group) is 1. The summed E-state index contributed by atoms with van der Waals surface area (Å²) in [5, 5.41) is 3.38. The number of urea groups is 1. The number of nitrogens with two attached hydrogens (primary N) is 1. The van der Waals surface area contributed by atoms with Gasteiger partial charge in [-0.2, -0.15) is 0 Å². The number of carbonyl (C=O) groups excluding carboxylic acids is 3. The first-order chi connectivity index (χ1) is 17.0. The van der Waals surface area contributed by atoms with Crippen LogP contribution in [0.5, 0.6) is 5.75 Å². The minimum absolute atomic E-state index is 0.0110. The number of anilines is 1. The summed E-state index contributed by atoms with van der Waals surface area (Å²) in [4.78, 5) is 43.7. The van der Waals surface area contributed by atoms with Crippen LogP contribution in [0.4, 0.5) is 10.5 Å². The number of fused-ring (bicyclic) bond motifs is 1. The molecule has 10 nitrogen and oxygen atoms in total.